The third kappa shape index (κ3) is 6.39. The lowest BCUT2D eigenvalue weighted by molar-refractivity contribution is -0.118. The fourth-order valence-electron chi connectivity index (χ4n) is 2.58. The zero-order valence-corrected chi connectivity index (χ0v) is 18.7. The normalized spacial score (nSPS) is 10.5. The lowest BCUT2D eigenvalue weighted by Gasteiger charge is -2.12. The lowest BCUT2D eigenvalue weighted by atomic mass is 10.2. The number of nitrogens with one attached hydrogen (secondary N) is 2. The molecule has 0 aromatic heterocycles. The zero-order valence-electron chi connectivity index (χ0n) is 15.6. The van der Waals surface area contributed by atoms with Crippen LogP contribution in [0.2, 0.25) is 10.0 Å². The Bertz CT molecular complexity index is 1030. The number of ether oxygens (including phenoxy) is 1. The second-order valence-corrected chi connectivity index (χ2v) is 8.13. The number of amides is 1. The zero-order chi connectivity index (χ0) is 20.8. The van der Waals surface area contributed by atoms with E-state index in [2.05, 4.69) is 26.6 Å². The number of hydrogen-bond donors (Lipinski definition) is 2. The summed E-state index contributed by atoms with van der Waals surface area (Å²) >= 11 is 15.6. The van der Waals surface area contributed by atoms with Crippen molar-refractivity contribution in [2.24, 2.45) is 0 Å². The van der Waals surface area contributed by atoms with Crippen molar-refractivity contribution in [1.29, 1.82) is 0 Å². The van der Waals surface area contributed by atoms with Crippen molar-refractivity contribution in [1.82, 2.24) is 0 Å². The van der Waals surface area contributed by atoms with Crippen LogP contribution in [0.25, 0.3) is 0 Å². The first-order valence-corrected chi connectivity index (χ1v) is 10.4. The highest BCUT2D eigenvalue weighted by Crippen LogP contribution is 2.27. The minimum Gasteiger partial charge on any atom is -0.483 e. The Hall–Kier alpha value is -2.21. The van der Waals surface area contributed by atoms with Gasteiger partial charge in [0, 0.05) is 28.0 Å². The number of carbonyl (C=O) groups excluding carboxylic acids is 1. The number of anilines is 2. The van der Waals surface area contributed by atoms with Gasteiger partial charge < -0.3 is 15.4 Å². The van der Waals surface area contributed by atoms with E-state index in [4.69, 9.17) is 27.9 Å². The summed E-state index contributed by atoms with van der Waals surface area (Å²) in [6, 6.07) is 18.6. The second kappa shape index (κ2) is 10.0. The fourth-order valence-corrected chi connectivity index (χ4v) is 3.50. The molecule has 3 rings (SSSR count). The summed E-state index contributed by atoms with van der Waals surface area (Å²) in [6.07, 6.45) is 0. The van der Waals surface area contributed by atoms with Crippen molar-refractivity contribution in [3.8, 4) is 5.75 Å². The van der Waals surface area contributed by atoms with E-state index in [-0.39, 0.29) is 12.5 Å². The SMILES string of the molecule is Cc1ccc(NC(=O)COc2ccc(CNc3cccc(Cl)c3)cc2Br)cc1Cl. The molecule has 0 spiro atoms. The Morgan fingerprint density at radius 3 is 2.59 bits per heavy atom. The molecule has 0 aliphatic carbocycles. The molecule has 0 bridgehead atoms. The molecule has 3 aromatic rings. The van der Waals surface area contributed by atoms with E-state index in [1.54, 1.807) is 12.1 Å². The predicted molar refractivity (Wildman–Crippen MR) is 123 cm³/mol. The van der Waals surface area contributed by atoms with Crippen LogP contribution in [0.1, 0.15) is 11.1 Å². The monoisotopic (exact) mass is 492 g/mol. The molecule has 7 heteroatoms. The first-order chi connectivity index (χ1) is 13.9. The van der Waals surface area contributed by atoms with Crippen LogP contribution in [0.4, 0.5) is 11.4 Å². The lowest BCUT2D eigenvalue weighted by Crippen LogP contribution is -2.20. The first kappa shape index (κ1) is 21.5. The largest absolute Gasteiger partial charge is 0.483 e. The standard InChI is InChI=1S/C22H19BrCl2N2O2/c1-14-5-7-18(11-20(14)25)27-22(28)13-29-21-8-6-15(9-19(21)23)12-26-17-4-2-3-16(24)10-17/h2-11,26H,12-13H2,1H3,(H,27,28). The van der Waals surface area contributed by atoms with Crippen LogP contribution >= 0.6 is 39.1 Å². The van der Waals surface area contributed by atoms with E-state index in [1.165, 1.54) is 0 Å². The Kier molecular flexibility index (Phi) is 7.42. The molecule has 4 nitrogen and oxygen atoms in total. The van der Waals surface area contributed by atoms with Crippen LogP contribution in [0, 0.1) is 6.92 Å². The van der Waals surface area contributed by atoms with Crippen LogP contribution in [-0.4, -0.2) is 12.5 Å². The number of halogens is 3. The molecule has 0 unspecified atom stereocenters. The number of rotatable bonds is 7. The van der Waals surface area contributed by atoms with E-state index < -0.39 is 0 Å². The minimum absolute atomic E-state index is 0.107. The highest BCUT2D eigenvalue weighted by atomic mass is 79.9. The molecule has 0 saturated heterocycles. The van der Waals surface area contributed by atoms with Gasteiger partial charge in [0.05, 0.1) is 4.47 Å². The van der Waals surface area contributed by atoms with Crippen LogP contribution in [0.5, 0.6) is 5.75 Å². The Labute approximate surface area is 188 Å². The van der Waals surface area contributed by atoms with Crippen LogP contribution in [0.3, 0.4) is 0 Å². The van der Waals surface area contributed by atoms with E-state index in [1.807, 2.05) is 55.5 Å². The van der Waals surface area contributed by atoms with Gasteiger partial charge in [0.25, 0.3) is 5.91 Å². The molecule has 0 heterocycles. The molecule has 2 N–H and O–H groups in total. The number of benzene rings is 3. The molecule has 29 heavy (non-hydrogen) atoms. The third-order valence-corrected chi connectivity index (χ3v) is 5.39. The smallest absolute Gasteiger partial charge is 0.262 e. The maximum atomic E-state index is 12.1. The van der Waals surface area contributed by atoms with Crippen molar-refractivity contribution in [2.45, 2.75) is 13.5 Å². The molecule has 3 aromatic carbocycles. The van der Waals surface area contributed by atoms with Gasteiger partial charge in [-0.1, -0.05) is 41.4 Å². The van der Waals surface area contributed by atoms with Crippen molar-refractivity contribution >= 4 is 56.4 Å². The van der Waals surface area contributed by atoms with Crippen molar-refractivity contribution in [2.75, 3.05) is 17.2 Å². The highest BCUT2D eigenvalue weighted by Gasteiger charge is 2.08. The molecular formula is C22H19BrCl2N2O2. The fraction of sp³-hybridized carbons (Fsp3) is 0.136. The summed E-state index contributed by atoms with van der Waals surface area (Å²) in [6.45, 7) is 2.43. The number of carbonyl (C=O) groups is 1. The molecule has 1 amide bonds. The second-order valence-electron chi connectivity index (χ2n) is 6.43. The maximum absolute atomic E-state index is 12.1. The van der Waals surface area contributed by atoms with E-state index >= 15 is 0 Å². The van der Waals surface area contributed by atoms with Gasteiger partial charge in [-0.3, -0.25) is 4.79 Å². The average molecular weight is 494 g/mol. The molecule has 0 aliphatic heterocycles. The predicted octanol–water partition coefficient (Wildman–Crippen LogP) is 6.69. The van der Waals surface area contributed by atoms with Crippen LogP contribution in [0.15, 0.2) is 65.1 Å². The van der Waals surface area contributed by atoms with Gasteiger partial charge in [-0.25, -0.2) is 0 Å². The molecule has 150 valence electrons. The molecule has 0 atom stereocenters. The van der Waals surface area contributed by atoms with Crippen LogP contribution in [-0.2, 0) is 11.3 Å². The van der Waals surface area contributed by atoms with Gasteiger partial charge in [0.2, 0.25) is 0 Å². The maximum Gasteiger partial charge on any atom is 0.262 e. The number of hydrogen-bond acceptors (Lipinski definition) is 3. The Morgan fingerprint density at radius 2 is 1.86 bits per heavy atom. The Balaban J connectivity index is 1.53. The van der Waals surface area contributed by atoms with Gasteiger partial charge in [-0.05, 0) is 76.4 Å². The van der Waals surface area contributed by atoms with Gasteiger partial charge in [-0.15, -0.1) is 0 Å². The quantitative estimate of drug-likeness (QED) is 0.385. The van der Waals surface area contributed by atoms with Crippen molar-refractivity contribution in [3.05, 3.63) is 86.3 Å². The Morgan fingerprint density at radius 1 is 1.03 bits per heavy atom. The molecule has 0 aliphatic rings. The molecule has 0 radical (unpaired) electrons. The van der Waals surface area contributed by atoms with Crippen LogP contribution < -0.4 is 15.4 Å². The van der Waals surface area contributed by atoms with E-state index in [9.17, 15) is 4.79 Å². The highest BCUT2D eigenvalue weighted by molar-refractivity contribution is 9.10. The van der Waals surface area contributed by atoms with E-state index in [0.29, 0.717) is 28.0 Å². The van der Waals surface area contributed by atoms with Crippen molar-refractivity contribution < 1.29 is 9.53 Å². The summed E-state index contributed by atoms with van der Waals surface area (Å²) in [4.78, 5) is 12.1. The molecule has 0 fully saturated rings. The van der Waals surface area contributed by atoms with Gasteiger partial charge in [0.1, 0.15) is 5.75 Å². The minimum atomic E-state index is -0.261. The summed E-state index contributed by atoms with van der Waals surface area (Å²) in [5.41, 5.74) is 3.59. The average Bonchev–Trinajstić information content (AvgIpc) is 2.68. The molecular weight excluding hydrogens is 475 g/mol. The van der Waals surface area contributed by atoms with Gasteiger partial charge >= 0.3 is 0 Å². The topological polar surface area (TPSA) is 50.4 Å². The van der Waals surface area contributed by atoms with Gasteiger partial charge in [-0.2, -0.15) is 0 Å². The van der Waals surface area contributed by atoms with E-state index in [0.717, 1.165) is 21.3 Å². The number of aryl methyl sites for hydroxylation is 1. The van der Waals surface area contributed by atoms with Crippen molar-refractivity contribution in [3.63, 3.8) is 0 Å². The summed E-state index contributed by atoms with van der Waals surface area (Å²) in [5, 5.41) is 7.37. The van der Waals surface area contributed by atoms with Gasteiger partial charge in [0.15, 0.2) is 6.61 Å². The summed E-state index contributed by atoms with van der Waals surface area (Å²) in [7, 11) is 0. The summed E-state index contributed by atoms with van der Waals surface area (Å²) in [5.74, 6) is 0.331. The molecule has 0 saturated carbocycles. The summed E-state index contributed by atoms with van der Waals surface area (Å²) < 4.78 is 6.40. The first-order valence-electron chi connectivity index (χ1n) is 8.87. The third-order valence-electron chi connectivity index (χ3n) is 4.13.